The second kappa shape index (κ2) is 3.97. The van der Waals surface area contributed by atoms with Crippen molar-refractivity contribution in [1.82, 2.24) is 4.57 Å². The van der Waals surface area contributed by atoms with Crippen LogP contribution in [-0.4, -0.2) is 4.57 Å². The molecule has 0 amide bonds. The van der Waals surface area contributed by atoms with Gasteiger partial charge in [-0.2, -0.15) is 0 Å². The molecule has 0 radical (unpaired) electrons. The topological polar surface area (TPSA) is 4.93 Å². The lowest BCUT2D eigenvalue weighted by atomic mass is 10.2. The summed E-state index contributed by atoms with van der Waals surface area (Å²) < 4.78 is 3.63. The van der Waals surface area contributed by atoms with Crippen LogP contribution in [-0.2, 0) is 7.05 Å². The van der Waals surface area contributed by atoms with Gasteiger partial charge in [-0.25, -0.2) is 0 Å². The summed E-state index contributed by atoms with van der Waals surface area (Å²) in [5.74, 6) is 0. The molecule has 2 heterocycles. The van der Waals surface area contributed by atoms with E-state index in [1.165, 1.54) is 31.6 Å². The average molecular weight is 263 g/mol. The predicted molar refractivity (Wildman–Crippen MR) is 83.7 cm³/mol. The van der Waals surface area contributed by atoms with E-state index < -0.39 is 0 Å². The highest BCUT2D eigenvalue weighted by Crippen LogP contribution is 2.35. The summed E-state index contributed by atoms with van der Waals surface area (Å²) in [6, 6.07) is 21.7. The summed E-state index contributed by atoms with van der Waals surface area (Å²) in [5.41, 5.74) is 2.58. The molecule has 1 nitrogen and oxygen atoms in total. The van der Waals surface area contributed by atoms with E-state index in [0.29, 0.717) is 0 Å². The van der Waals surface area contributed by atoms with Crippen molar-refractivity contribution >= 4 is 32.3 Å². The Morgan fingerprint density at radius 3 is 2.37 bits per heavy atom. The molecule has 0 aliphatic carbocycles. The molecule has 0 spiro atoms. The molecule has 0 atom stereocenters. The molecule has 2 aromatic heterocycles. The van der Waals surface area contributed by atoms with Gasteiger partial charge in [0.05, 0.1) is 10.6 Å². The van der Waals surface area contributed by atoms with E-state index in [4.69, 9.17) is 0 Å². The number of aromatic nitrogens is 1. The van der Waals surface area contributed by atoms with Crippen LogP contribution in [0.25, 0.3) is 31.6 Å². The van der Waals surface area contributed by atoms with Crippen LogP contribution in [0.5, 0.6) is 0 Å². The summed E-state index contributed by atoms with van der Waals surface area (Å²) in [7, 11) is 2.14. The molecule has 2 heteroatoms. The van der Waals surface area contributed by atoms with Gasteiger partial charge in [0.15, 0.2) is 0 Å². The van der Waals surface area contributed by atoms with Gasteiger partial charge >= 0.3 is 0 Å². The number of para-hydroxylation sites is 1. The molecule has 0 N–H and O–H groups in total. The highest BCUT2D eigenvalue weighted by Gasteiger charge is 2.10. The second-order valence-electron chi connectivity index (χ2n) is 4.80. The zero-order valence-corrected chi connectivity index (χ0v) is 11.4. The Morgan fingerprint density at radius 2 is 1.58 bits per heavy atom. The number of rotatable bonds is 1. The molecule has 0 saturated heterocycles. The van der Waals surface area contributed by atoms with Crippen LogP contribution >= 0.6 is 11.3 Å². The SMILES string of the molecule is Cn1c(-c2cc3ccccc3s2)cc2ccccc21. The van der Waals surface area contributed by atoms with Crippen molar-refractivity contribution in [2.24, 2.45) is 7.05 Å². The third kappa shape index (κ3) is 1.60. The van der Waals surface area contributed by atoms with Gasteiger partial charge in [0.25, 0.3) is 0 Å². The Bertz CT molecular complexity index is 849. The van der Waals surface area contributed by atoms with E-state index in [1.54, 1.807) is 0 Å². The summed E-state index contributed by atoms with van der Waals surface area (Å²) in [6.45, 7) is 0. The number of fused-ring (bicyclic) bond motifs is 2. The predicted octanol–water partition coefficient (Wildman–Crippen LogP) is 5.06. The number of hydrogen-bond acceptors (Lipinski definition) is 1. The first kappa shape index (κ1) is 10.8. The van der Waals surface area contributed by atoms with Crippen molar-refractivity contribution in [3.05, 3.63) is 60.7 Å². The fourth-order valence-electron chi connectivity index (χ4n) is 2.63. The molecule has 0 saturated carbocycles. The monoisotopic (exact) mass is 263 g/mol. The highest BCUT2D eigenvalue weighted by atomic mass is 32.1. The van der Waals surface area contributed by atoms with Gasteiger partial charge in [-0.3, -0.25) is 0 Å². The Balaban J connectivity index is 2.01. The molecule has 0 aliphatic heterocycles. The van der Waals surface area contributed by atoms with Crippen LogP contribution in [0.1, 0.15) is 0 Å². The maximum atomic E-state index is 2.29. The van der Waals surface area contributed by atoms with Crippen molar-refractivity contribution < 1.29 is 0 Å². The second-order valence-corrected chi connectivity index (χ2v) is 5.88. The molecule has 0 bridgehead atoms. The first-order valence-electron chi connectivity index (χ1n) is 6.36. The molecule has 0 aliphatic rings. The molecule has 4 aromatic rings. The standard InChI is InChI=1S/C17H13NS/c1-18-14-8-4-2-6-12(14)10-15(18)17-11-13-7-3-5-9-16(13)19-17/h2-11H,1H3. The summed E-state index contributed by atoms with van der Waals surface area (Å²) in [5, 5.41) is 2.63. The quantitative estimate of drug-likeness (QED) is 0.452. The molecule has 2 aromatic carbocycles. The molecular formula is C17H13NS. The molecule has 0 unspecified atom stereocenters. The van der Waals surface area contributed by atoms with Gasteiger partial charge < -0.3 is 4.57 Å². The van der Waals surface area contributed by atoms with Gasteiger partial charge in [-0.05, 0) is 29.7 Å². The van der Waals surface area contributed by atoms with Crippen LogP contribution in [0, 0.1) is 0 Å². The number of hydrogen-bond donors (Lipinski definition) is 0. The van der Waals surface area contributed by atoms with Crippen LogP contribution < -0.4 is 0 Å². The fraction of sp³-hybridized carbons (Fsp3) is 0.0588. The third-order valence-electron chi connectivity index (χ3n) is 3.63. The Hall–Kier alpha value is -2.06. The maximum absolute atomic E-state index is 2.29. The van der Waals surface area contributed by atoms with Gasteiger partial charge in [0, 0.05) is 22.7 Å². The highest BCUT2D eigenvalue weighted by molar-refractivity contribution is 7.22. The van der Waals surface area contributed by atoms with E-state index in [0.717, 1.165) is 0 Å². The Morgan fingerprint density at radius 1 is 0.842 bits per heavy atom. The summed E-state index contributed by atoms with van der Waals surface area (Å²) in [4.78, 5) is 1.33. The molecule has 4 rings (SSSR count). The Labute approximate surface area is 115 Å². The zero-order valence-electron chi connectivity index (χ0n) is 10.6. The lowest BCUT2D eigenvalue weighted by Crippen LogP contribution is -1.88. The number of aryl methyl sites for hydroxylation is 1. The molecule has 19 heavy (non-hydrogen) atoms. The van der Waals surface area contributed by atoms with E-state index in [9.17, 15) is 0 Å². The van der Waals surface area contributed by atoms with Gasteiger partial charge in [0.1, 0.15) is 0 Å². The van der Waals surface area contributed by atoms with Crippen molar-refractivity contribution in [3.8, 4) is 10.6 Å². The Kier molecular flexibility index (Phi) is 2.26. The first-order valence-corrected chi connectivity index (χ1v) is 7.18. The van der Waals surface area contributed by atoms with Crippen molar-refractivity contribution in [1.29, 1.82) is 0 Å². The van der Waals surface area contributed by atoms with Crippen LogP contribution in [0.15, 0.2) is 60.7 Å². The third-order valence-corrected chi connectivity index (χ3v) is 4.77. The van der Waals surface area contributed by atoms with Crippen LogP contribution in [0.4, 0.5) is 0 Å². The van der Waals surface area contributed by atoms with Gasteiger partial charge in [0.2, 0.25) is 0 Å². The van der Waals surface area contributed by atoms with Crippen molar-refractivity contribution in [2.75, 3.05) is 0 Å². The van der Waals surface area contributed by atoms with E-state index >= 15 is 0 Å². The smallest absolute Gasteiger partial charge is 0.0590 e. The van der Waals surface area contributed by atoms with Crippen LogP contribution in [0.2, 0.25) is 0 Å². The minimum atomic E-state index is 1.29. The molecule has 0 fully saturated rings. The van der Waals surface area contributed by atoms with Crippen LogP contribution in [0.3, 0.4) is 0 Å². The normalized spacial score (nSPS) is 11.4. The fourth-order valence-corrected chi connectivity index (χ4v) is 3.75. The summed E-state index contributed by atoms with van der Waals surface area (Å²) >= 11 is 1.86. The number of thiophene rings is 1. The number of nitrogens with zero attached hydrogens (tertiary/aromatic N) is 1. The van der Waals surface area contributed by atoms with Gasteiger partial charge in [-0.15, -0.1) is 11.3 Å². The minimum Gasteiger partial charge on any atom is -0.343 e. The van der Waals surface area contributed by atoms with Crippen molar-refractivity contribution in [2.45, 2.75) is 0 Å². The molecule has 92 valence electrons. The van der Waals surface area contributed by atoms with Crippen molar-refractivity contribution in [3.63, 3.8) is 0 Å². The maximum Gasteiger partial charge on any atom is 0.0590 e. The van der Waals surface area contributed by atoms with Gasteiger partial charge in [-0.1, -0.05) is 36.4 Å². The lowest BCUT2D eigenvalue weighted by molar-refractivity contribution is 0.981. The average Bonchev–Trinajstić information content (AvgIpc) is 3.00. The first-order chi connectivity index (χ1) is 9.33. The number of benzene rings is 2. The molecular weight excluding hydrogens is 250 g/mol. The van der Waals surface area contributed by atoms with E-state index in [1.807, 2.05) is 11.3 Å². The largest absolute Gasteiger partial charge is 0.343 e. The minimum absolute atomic E-state index is 1.29. The van der Waals surface area contributed by atoms with E-state index in [-0.39, 0.29) is 0 Å². The zero-order chi connectivity index (χ0) is 12.8. The van der Waals surface area contributed by atoms with E-state index in [2.05, 4.69) is 72.3 Å². The summed E-state index contributed by atoms with van der Waals surface area (Å²) in [6.07, 6.45) is 0. The lowest BCUT2D eigenvalue weighted by Gasteiger charge is -2.00.